The Bertz CT molecular complexity index is 1290. The molecule has 1 N–H and O–H groups in total. The third-order valence-corrected chi connectivity index (χ3v) is 6.51. The minimum Gasteiger partial charge on any atom is -0.354 e. The molecule has 162 valence electrons. The van der Waals surface area contributed by atoms with Crippen LogP contribution in [0.2, 0.25) is 4.34 Å². The number of fused-ring (bicyclic) bond motifs is 1. The molecule has 0 bridgehead atoms. The molecule has 0 spiro atoms. The van der Waals surface area contributed by atoms with E-state index in [0.717, 1.165) is 53.5 Å². The number of hydrogen-bond acceptors (Lipinski definition) is 8. The number of piperazine rings is 1. The smallest absolute Gasteiger partial charge is 0.257 e. The molecule has 0 aromatic carbocycles. The number of likely N-dealkylation sites (N-methyl/N-ethyl adjacent to an activating group) is 1. The summed E-state index contributed by atoms with van der Waals surface area (Å²) in [4.78, 5) is 34.9. The third-order valence-electron chi connectivity index (χ3n) is 5.38. The lowest BCUT2D eigenvalue weighted by Gasteiger charge is -2.33. The Morgan fingerprint density at radius 2 is 1.81 bits per heavy atom. The minimum absolute atomic E-state index is 0.226. The normalized spacial score (nSPS) is 14.6. The maximum Gasteiger partial charge on any atom is 0.257 e. The zero-order chi connectivity index (χ0) is 22.1. The number of thiazole rings is 1. The Morgan fingerprint density at radius 3 is 2.59 bits per heavy atom. The lowest BCUT2D eigenvalue weighted by Crippen LogP contribution is -2.44. The number of halogens is 1. The molecular formula is C22H20ClN7OS. The molecule has 5 rings (SSSR count). The number of carbonyl (C=O) groups excluding carboxylic acids is 1. The van der Waals surface area contributed by atoms with Gasteiger partial charge in [-0.3, -0.25) is 9.78 Å². The summed E-state index contributed by atoms with van der Waals surface area (Å²) < 4.78 is 0.609. The van der Waals surface area contributed by atoms with E-state index in [2.05, 4.69) is 42.1 Å². The zero-order valence-corrected chi connectivity index (χ0v) is 18.9. The Kier molecular flexibility index (Phi) is 5.69. The first kappa shape index (κ1) is 20.7. The van der Waals surface area contributed by atoms with Gasteiger partial charge in [-0.05, 0) is 36.7 Å². The highest BCUT2D eigenvalue weighted by Gasteiger charge is 2.17. The quantitative estimate of drug-likeness (QED) is 0.490. The highest BCUT2D eigenvalue weighted by Crippen LogP contribution is 2.29. The molecule has 1 aliphatic rings. The summed E-state index contributed by atoms with van der Waals surface area (Å²) in [7, 11) is 2.11. The molecular weight excluding hydrogens is 446 g/mol. The molecule has 0 saturated carbocycles. The number of amides is 1. The molecule has 4 aromatic heterocycles. The summed E-state index contributed by atoms with van der Waals surface area (Å²) in [5.74, 6) is 1.06. The predicted molar refractivity (Wildman–Crippen MR) is 128 cm³/mol. The van der Waals surface area contributed by atoms with E-state index in [-0.39, 0.29) is 5.91 Å². The van der Waals surface area contributed by atoms with E-state index in [1.165, 1.54) is 11.3 Å². The number of nitrogens with one attached hydrogen (secondary N) is 1. The van der Waals surface area contributed by atoms with Crippen LogP contribution < -0.4 is 10.2 Å². The van der Waals surface area contributed by atoms with Crippen LogP contribution in [0.4, 0.5) is 11.6 Å². The van der Waals surface area contributed by atoms with Gasteiger partial charge in [0.2, 0.25) is 0 Å². The Labute approximate surface area is 193 Å². The van der Waals surface area contributed by atoms with Gasteiger partial charge in [-0.1, -0.05) is 11.6 Å². The number of rotatable bonds is 4. The van der Waals surface area contributed by atoms with Crippen molar-refractivity contribution < 1.29 is 4.79 Å². The standard InChI is InChI=1S/C22H20ClN7OS/c1-29-4-6-30(7-5-29)20-10-14(2-3-24-20)21(31)28-19-9-15-8-17(22-27-13-18(23)32-22)25-11-16(15)12-26-19/h2-3,8-13H,4-7H2,1H3,(H,26,28,31). The summed E-state index contributed by atoms with van der Waals surface area (Å²) >= 11 is 7.37. The van der Waals surface area contributed by atoms with Crippen molar-refractivity contribution in [3.8, 4) is 10.7 Å². The van der Waals surface area contributed by atoms with Gasteiger partial charge in [-0.15, -0.1) is 11.3 Å². The molecule has 4 aromatic rings. The fourth-order valence-electron chi connectivity index (χ4n) is 3.55. The molecule has 1 aliphatic heterocycles. The molecule has 0 atom stereocenters. The van der Waals surface area contributed by atoms with Crippen LogP contribution in [-0.4, -0.2) is 64.0 Å². The van der Waals surface area contributed by atoms with Crippen LogP contribution in [0.25, 0.3) is 21.5 Å². The molecule has 1 saturated heterocycles. The molecule has 32 heavy (non-hydrogen) atoms. The van der Waals surface area contributed by atoms with E-state index in [9.17, 15) is 4.79 Å². The molecule has 0 unspecified atom stereocenters. The van der Waals surface area contributed by atoms with Crippen molar-refractivity contribution in [3.63, 3.8) is 0 Å². The van der Waals surface area contributed by atoms with E-state index >= 15 is 0 Å². The summed E-state index contributed by atoms with van der Waals surface area (Å²) in [6, 6.07) is 7.29. The highest BCUT2D eigenvalue weighted by molar-refractivity contribution is 7.18. The Balaban J connectivity index is 1.36. The first-order chi connectivity index (χ1) is 15.5. The summed E-state index contributed by atoms with van der Waals surface area (Å²) in [5.41, 5.74) is 1.27. The molecule has 8 nitrogen and oxygen atoms in total. The highest BCUT2D eigenvalue weighted by atomic mass is 35.5. The van der Waals surface area contributed by atoms with E-state index in [1.54, 1.807) is 30.9 Å². The summed E-state index contributed by atoms with van der Waals surface area (Å²) in [6.45, 7) is 3.73. The minimum atomic E-state index is -0.226. The average Bonchev–Trinajstić information content (AvgIpc) is 3.25. The molecule has 1 amide bonds. The summed E-state index contributed by atoms with van der Waals surface area (Å²) in [5, 5.41) is 5.41. The van der Waals surface area contributed by atoms with Gasteiger partial charge in [0, 0.05) is 55.7 Å². The lowest BCUT2D eigenvalue weighted by atomic mass is 10.2. The average molecular weight is 466 g/mol. The lowest BCUT2D eigenvalue weighted by molar-refractivity contribution is 0.102. The van der Waals surface area contributed by atoms with E-state index < -0.39 is 0 Å². The van der Waals surface area contributed by atoms with E-state index in [1.807, 2.05) is 18.2 Å². The van der Waals surface area contributed by atoms with Gasteiger partial charge in [0.05, 0.1) is 11.9 Å². The number of pyridine rings is 3. The maximum atomic E-state index is 12.9. The first-order valence-electron chi connectivity index (χ1n) is 10.1. The topological polar surface area (TPSA) is 87.1 Å². The predicted octanol–water partition coefficient (Wildman–Crippen LogP) is 3.81. The Morgan fingerprint density at radius 1 is 1.00 bits per heavy atom. The van der Waals surface area contributed by atoms with Crippen LogP contribution >= 0.6 is 22.9 Å². The van der Waals surface area contributed by atoms with Crippen molar-refractivity contribution in [2.75, 3.05) is 43.4 Å². The van der Waals surface area contributed by atoms with Gasteiger partial charge in [-0.25, -0.2) is 15.0 Å². The van der Waals surface area contributed by atoms with Crippen molar-refractivity contribution >= 4 is 51.3 Å². The van der Waals surface area contributed by atoms with Gasteiger partial charge >= 0.3 is 0 Å². The second kappa shape index (κ2) is 8.78. The zero-order valence-electron chi connectivity index (χ0n) is 17.3. The fourth-order valence-corrected chi connectivity index (χ4v) is 4.43. The number of aromatic nitrogens is 4. The second-order valence-corrected chi connectivity index (χ2v) is 9.26. The van der Waals surface area contributed by atoms with Gasteiger partial charge in [0.25, 0.3) is 5.91 Å². The second-order valence-electron chi connectivity index (χ2n) is 7.60. The van der Waals surface area contributed by atoms with Gasteiger partial charge in [0.15, 0.2) is 0 Å². The third kappa shape index (κ3) is 4.40. The molecule has 0 radical (unpaired) electrons. The van der Waals surface area contributed by atoms with Crippen molar-refractivity contribution in [2.45, 2.75) is 0 Å². The van der Waals surface area contributed by atoms with Crippen LogP contribution in [0.15, 0.2) is 49.1 Å². The Hall–Kier alpha value is -3.14. The monoisotopic (exact) mass is 465 g/mol. The van der Waals surface area contributed by atoms with Crippen molar-refractivity contribution in [1.29, 1.82) is 0 Å². The SMILES string of the molecule is CN1CCN(c2cc(C(=O)Nc3cc4cc(-c5ncc(Cl)s5)ncc4cn3)ccn2)CC1. The van der Waals surface area contributed by atoms with Crippen molar-refractivity contribution in [3.05, 3.63) is 59.0 Å². The number of anilines is 2. The maximum absolute atomic E-state index is 12.9. The fraction of sp³-hybridized carbons (Fsp3) is 0.227. The van der Waals surface area contributed by atoms with Crippen LogP contribution in [0.1, 0.15) is 10.4 Å². The van der Waals surface area contributed by atoms with Gasteiger partial charge in [0.1, 0.15) is 21.0 Å². The molecule has 0 aliphatic carbocycles. The first-order valence-corrected chi connectivity index (χ1v) is 11.3. The van der Waals surface area contributed by atoms with Crippen LogP contribution in [-0.2, 0) is 0 Å². The molecule has 5 heterocycles. The van der Waals surface area contributed by atoms with Gasteiger partial charge in [-0.2, -0.15) is 0 Å². The van der Waals surface area contributed by atoms with Crippen molar-refractivity contribution in [2.24, 2.45) is 0 Å². The van der Waals surface area contributed by atoms with Crippen LogP contribution in [0.5, 0.6) is 0 Å². The van der Waals surface area contributed by atoms with E-state index in [0.29, 0.717) is 15.7 Å². The number of hydrogen-bond donors (Lipinski definition) is 1. The van der Waals surface area contributed by atoms with Crippen molar-refractivity contribution in [1.82, 2.24) is 24.8 Å². The molecule has 10 heteroatoms. The van der Waals surface area contributed by atoms with Crippen LogP contribution in [0.3, 0.4) is 0 Å². The number of carbonyl (C=O) groups is 1. The van der Waals surface area contributed by atoms with Gasteiger partial charge < -0.3 is 15.1 Å². The number of nitrogens with zero attached hydrogens (tertiary/aromatic N) is 6. The van der Waals surface area contributed by atoms with E-state index in [4.69, 9.17) is 11.6 Å². The summed E-state index contributed by atoms with van der Waals surface area (Å²) in [6.07, 6.45) is 6.72. The largest absolute Gasteiger partial charge is 0.354 e. The van der Waals surface area contributed by atoms with Crippen LogP contribution in [0, 0.1) is 0 Å². The molecule has 1 fully saturated rings.